The van der Waals surface area contributed by atoms with Crippen molar-refractivity contribution in [1.29, 1.82) is 0 Å². The second-order valence-electron chi connectivity index (χ2n) is 9.54. The molecule has 220 valence electrons. The van der Waals surface area contributed by atoms with Crippen LogP contribution in [0.25, 0.3) is 16.9 Å². The third-order valence-electron chi connectivity index (χ3n) is 6.15. The van der Waals surface area contributed by atoms with Crippen LogP contribution in [0.3, 0.4) is 0 Å². The summed E-state index contributed by atoms with van der Waals surface area (Å²) in [6, 6.07) is 15.4. The Morgan fingerprint density at radius 2 is 1.43 bits per heavy atom. The summed E-state index contributed by atoms with van der Waals surface area (Å²) in [6.07, 6.45) is -10.3. The van der Waals surface area contributed by atoms with Crippen LogP contribution in [0.4, 0.5) is 36.6 Å². The maximum absolute atomic E-state index is 13.5. The summed E-state index contributed by atoms with van der Waals surface area (Å²) >= 11 is 0. The number of rotatable bonds is 7. The number of nitrogens with one attached hydrogen (secondary N) is 1. The van der Waals surface area contributed by atoms with E-state index in [-0.39, 0.29) is 11.9 Å². The topological polar surface area (TPSA) is 67.2 Å². The molecule has 0 aliphatic rings. The zero-order valence-corrected chi connectivity index (χ0v) is 22.1. The van der Waals surface area contributed by atoms with Crippen molar-refractivity contribution in [2.75, 3.05) is 11.9 Å². The van der Waals surface area contributed by atoms with Crippen molar-refractivity contribution in [3.8, 4) is 16.9 Å². The van der Waals surface area contributed by atoms with Crippen molar-refractivity contribution < 1.29 is 40.3 Å². The van der Waals surface area contributed by atoms with Crippen LogP contribution in [-0.2, 0) is 17.1 Å². The van der Waals surface area contributed by atoms with Crippen molar-refractivity contribution >= 4 is 17.6 Å². The number of halogens is 7. The van der Waals surface area contributed by atoms with Gasteiger partial charge in [0.15, 0.2) is 0 Å². The van der Waals surface area contributed by atoms with Gasteiger partial charge < -0.3 is 10.2 Å². The summed E-state index contributed by atoms with van der Waals surface area (Å²) in [5.74, 6) is -2.38. The minimum Gasteiger partial charge on any atom is -0.327 e. The highest BCUT2D eigenvalue weighted by molar-refractivity contribution is 5.99. The van der Waals surface area contributed by atoms with Crippen molar-refractivity contribution in [2.45, 2.75) is 32.2 Å². The Bertz CT molecular complexity index is 1550. The third kappa shape index (κ3) is 6.96. The summed E-state index contributed by atoms with van der Waals surface area (Å²) in [5, 5.41) is 7.07. The van der Waals surface area contributed by atoms with E-state index in [1.54, 1.807) is 30.3 Å². The fourth-order valence-electron chi connectivity index (χ4n) is 4.07. The molecule has 0 spiro atoms. The van der Waals surface area contributed by atoms with Gasteiger partial charge in [-0.2, -0.15) is 31.4 Å². The minimum atomic E-state index is -5.15. The van der Waals surface area contributed by atoms with Gasteiger partial charge in [0.1, 0.15) is 18.2 Å². The van der Waals surface area contributed by atoms with E-state index in [0.717, 1.165) is 4.90 Å². The lowest BCUT2D eigenvalue weighted by atomic mass is 10.0. The fraction of sp³-hybridized carbons (Fsp3) is 0.207. The van der Waals surface area contributed by atoms with Crippen molar-refractivity contribution in [3.63, 3.8) is 0 Å². The van der Waals surface area contributed by atoms with E-state index in [1.807, 2.05) is 0 Å². The van der Waals surface area contributed by atoms with Crippen molar-refractivity contribution in [3.05, 3.63) is 101 Å². The second-order valence-corrected chi connectivity index (χ2v) is 9.54. The molecule has 1 heterocycles. The average Bonchev–Trinajstić information content (AvgIpc) is 3.34. The van der Waals surface area contributed by atoms with Gasteiger partial charge in [-0.3, -0.25) is 9.59 Å². The van der Waals surface area contributed by atoms with E-state index in [4.69, 9.17) is 0 Å². The zero-order chi connectivity index (χ0) is 30.8. The van der Waals surface area contributed by atoms with Gasteiger partial charge in [-0.15, -0.1) is 0 Å². The molecule has 2 amide bonds. The van der Waals surface area contributed by atoms with E-state index < -0.39 is 59.3 Å². The first kappa shape index (κ1) is 30.3. The molecule has 1 N–H and O–H groups in total. The molecular weight excluding hydrogens is 569 g/mol. The van der Waals surface area contributed by atoms with Crippen LogP contribution in [0.1, 0.15) is 35.3 Å². The van der Waals surface area contributed by atoms with Crippen LogP contribution in [0, 0.1) is 5.82 Å². The standard InChI is InChI=1S/C29H23F7N4O2/c1-17(2)39(27(42)19-12-20(28(31,32)33)14-21(13-19)29(34,35)36)16-26(41)37-25-15-24(18-6-4-3-5-7-18)38-40(25)23-10-8-22(30)9-11-23/h3-15,17H,16H2,1-2H3,(H,37,41). The summed E-state index contributed by atoms with van der Waals surface area (Å²) < 4.78 is 95.0. The molecular formula is C29H23F7N4O2. The lowest BCUT2D eigenvalue weighted by molar-refractivity contribution is -0.143. The maximum Gasteiger partial charge on any atom is 0.416 e. The second kappa shape index (κ2) is 11.7. The lowest BCUT2D eigenvalue weighted by Gasteiger charge is -2.27. The number of hydrogen-bond donors (Lipinski definition) is 1. The van der Waals surface area contributed by atoms with Crippen LogP contribution in [0.5, 0.6) is 0 Å². The van der Waals surface area contributed by atoms with Gasteiger partial charge in [-0.25, -0.2) is 9.07 Å². The molecule has 0 unspecified atom stereocenters. The number of alkyl halides is 6. The Labute approximate surface area is 235 Å². The molecule has 13 heteroatoms. The maximum atomic E-state index is 13.5. The number of carbonyl (C=O) groups excluding carboxylic acids is 2. The largest absolute Gasteiger partial charge is 0.416 e. The van der Waals surface area contributed by atoms with Crippen LogP contribution < -0.4 is 5.32 Å². The van der Waals surface area contributed by atoms with Gasteiger partial charge in [0.05, 0.1) is 22.5 Å². The Hall–Kier alpha value is -4.68. The normalized spacial score (nSPS) is 12.0. The molecule has 42 heavy (non-hydrogen) atoms. The van der Waals surface area contributed by atoms with E-state index >= 15 is 0 Å². The smallest absolute Gasteiger partial charge is 0.327 e. The van der Waals surface area contributed by atoms with E-state index in [9.17, 15) is 40.3 Å². The predicted octanol–water partition coefficient (Wildman–Crippen LogP) is 7.21. The van der Waals surface area contributed by atoms with Gasteiger partial charge in [0.2, 0.25) is 5.91 Å². The first-order valence-electron chi connectivity index (χ1n) is 12.4. The van der Waals surface area contributed by atoms with E-state index in [0.29, 0.717) is 29.1 Å². The third-order valence-corrected chi connectivity index (χ3v) is 6.15. The van der Waals surface area contributed by atoms with Crippen LogP contribution in [-0.4, -0.2) is 39.1 Å². The van der Waals surface area contributed by atoms with Crippen LogP contribution in [0.15, 0.2) is 78.9 Å². The van der Waals surface area contributed by atoms with Gasteiger partial charge in [-0.1, -0.05) is 30.3 Å². The number of aromatic nitrogens is 2. The van der Waals surface area contributed by atoms with E-state index in [2.05, 4.69) is 10.4 Å². The number of hydrogen-bond acceptors (Lipinski definition) is 3. The molecule has 4 aromatic rings. The molecule has 0 saturated carbocycles. The highest BCUT2D eigenvalue weighted by atomic mass is 19.4. The summed E-state index contributed by atoms with van der Waals surface area (Å²) in [4.78, 5) is 27.2. The van der Waals surface area contributed by atoms with Crippen LogP contribution >= 0.6 is 0 Å². The molecule has 1 aromatic heterocycles. The first-order valence-corrected chi connectivity index (χ1v) is 12.4. The molecule has 6 nitrogen and oxygen atoms in total. The molecule has 0 radical (unpaired) electrons. The lowest BCUT2D eigenvalue weighted by Crippen LogP contribution is -2.42. The highest BCUT2D eigenvalue weighted by Crippen LogP contribution is 2.36. The molecule has 4 rings (SSSR count). The molecule has 0 aliphatic heterocycles. The summed E-state index contributed by atoms with van der Waals surface area (Å²) in [5.41, 5.74) is -2.65. The molecule has 3 aromatic carbocycles. The highest BCUT2D eigenvalue weighted by Gasteiger charge is 2.38. The molecule has 0 saturated heterocycles. The molecule has 0 fully saturated rings. The SMILES string of the molecule is CC(C)N(CC(=O)Nc1cc(-c2ccccc2)nn1-c1ccc(F)cc1)C(=O)c1cc(C(F)(F)F)cc(C(F)(F)F)c1. The Morgan fingerprint density at radius 3 is 1.95 bits per heavy atom. The minimum absolute atomic E-state index is 0.0792. The van der Waals surface area contributed by atoms with Gasteiger partial charge in [-0.05, 0) is 56.3 Å². The fourth-order valence-corrected chi connectivity index (χ4v) is 4.07. The Morgan fingerprint density at radius 1 is 0.857 bits per heavy atom. The quantitative estimate of drug-likeness (QED) is 0.231. The molecule has 0 atom stereocenters. The average molecular weight is 593 g/mol. The number of benzene rings is 3. The number of carbonyl (C=O) groups is 2. The van der Waals surface area contributed by atoms with E-state index in [1.165, 1.54) is 48.9 Å². The molecule has 0 aliphatic carbocycles. The Balaban J connectivity index is 1.65. The van der Waals surface area contributed by atoms with Gasteiger partial charge in [0.25, 0.3) is 5.91 Å². The zero-order valence-electron chi connectivity index (χ0n) is 22.1. The number of nitrogens with zero attached hydrogens (tertiary/aromatic N) is 3. The van der Waals surface area contributed by atoms with Crippen LogP contribution in [0.2, 0.25) is 0 Å². The summed E-state index contributed by atoms with van der Waals surface area (Å²) in [6.45, 7) is 2.21. The predicted molar refractivity (Wildman–Crippen MR) is 140 cm³/mol. The number of anilines is 1. The first-order chi connectivity index (χ1) is 19.6. The van der Waals surface area contributed by atoms with Crippen molar-refractivity contribution in [2.24, 2.45) is 0 Å². The monoisotopic (exact) mass is 592 g/mol. The Kier molecular flexibility index (Phi) is 8.41. The van der Waals surface area contributed by atoms with Gasteiger partial charge >= 0.3 is 12.4 Å². The summed E-state index contributed by atoms with van der Waals surface area (Å²) in [7, 11) is 0. The van der Waals surface area contributed by atoms with Gasteiger partial charge in [0, 0.05) is 23.2 Å². The number of amides is 2. The van der Waals surface area contributed by atoms with Crippen molar-refractivity contribution in [1.82, 2.24) is 14.7 Å². The molecule has 0 bridgehead atoms.